The van der Waals surface area contributed by atoms with E-state index in [0.29, 0.717) is 0 Å². The smallest absolute Gasteiger partial charge is 0.150 e. The average Bonchev–Trinajstić information content (AvgIpc) is 2.44. The van der Waals surface area contributed by atoms with Crippen LogP contribution in [0.25, 0.3) is 0 Å². The van der Waals surface area contributed by atoms with E-state index in [1.165, 1.54) is 32.1 Å². The van der Waals surface area contributed by atoms with E-state index in [0.717, 1.165) is 42.1 Å². The van der Waals surface area contributed by atoms with Crippen LogP contribution < -0.4 is 4.74 Å². The maximum atomic E-state index is 10.8. The normalized spacial score (nSPS) is 10.8. The third kappa shape index (κ3) is 5.77. The Morgan fingerprint density at radius 3 is 2.40 bits per heavy atom. The van der Waals surface area contributed by atoms with E-state index in [1.807, 2.05) is 25.1 Å². The van der Waals surface area contributed by atoms with E-state index < -0.39 is 0 Å². The number of benzene rings is 1. The first kappa shape index (κ1) is 16.7. The summed E-state index contributed by atoms with van der Waals surface area (Å²) in [6, 6.07) is 5.65. The number of aryl methyl sites for hydroxylation is 1. The molecule has 0 atom stereocenters. The molecule has 0 aliphatic rings. The minimum Gasteiger partial charge on any atom is -0.494 e. The lowest BCUT2D eigenvalue weighted by atomic mass is 9.93. The fraction of sp³-hybridized carbons (Fsp3) is 0.611. The zero-order chi connectivity index (χ0) is 14.8. The number of carbonyl (C=O) groups excluding carboxylic acids is 1. The molecule has 2 heteroatoms. The highest BCUT2D eigenvalue weighted by Gasteiger charge is 2.06. The summed E-state index contributed by atoms with van der Waals surface area (Å²) < 4.78 is 5.78. The lowest BCUT2D eigenvalue weighted by molar-refractivity contribution is 0.112. The summed E-state index contributed by atoms with van der Waals surface area (Å²) in [5, 5.41) is 0. The molecule has 0 saturated heterocycles. The predicted octanol–water partition coefficient (Wildman–Crippen LogP) is 5.18. The molecule has 0 heterocycles. The van der Waals surface area contributed by atoms with Gasteiger partial charge in [0.2, 0.25) is 0 Å². The van der Waals surface area contributed by atoms with Crippen molar-refractivity contribution in [3.05, 3.63) is 29.3 Å². The Bertz CT molecular complexity index is 392. The van der Waals surface area contributed by atoms with Gasteiger partial charge in [-0.25, -0.2) is 0 Å². The Kier molecular flexibility index (Phi) is 8.01. The molecule has 0 radical (unpaired) electrons. The molecule has 0 aromatic heterocycles. The van der Waals surface area contributed by atoms with E-state index in [-0.39, 0.29) is 0 Å². The molecule has 1 aromatic carbocycles. The van der Waals surface area contributed by atoms with Crippen molar-refractivity contribution in [1.82, 2.24) is 0 Å². The van der Waals surface area contributed by atoms with Crippen molar-refractivity contribution >= 4 is 6.29 Å². The highest BCUT2D eigenvalue weighted by molar-refractivity contribution is 5.77. The minimum atomic E-state index is 0.739. The Morgan fingerprint density at radius 2 is 1.85 bits per heavy atom. The fourth-order valence-corrected chi connectivity index (χ4v) is 2.68. The van der Waals surface area contributed by atoms with Crippen LogP contribution in [0, 0.1) is 12.8 Å². The molecule has 0 unspecified atom stereocenters. The predicted molar refractivity (Wildman–Crippen MR) is 84.6 cm³/mol. The summed E-state index contributed by atoms with van der Waals surface area (Å²) in [6.07, 6.45) is 8.48. The third-order valence-electron chi connectivity index (χ3n) is 3.79. The van der Waals surface area contributed by atoms with Crippen molar-refractivity contribution in [3.63, 3.8) is 0 Å². The number of hydrogen-bond donors (Lipinski definition) is 0. The quantitative estimate of drug-likeness (QED) is 0.434. The van der Waals surface area contributed by atoms with Crippen LogP contribution in [0.1, 0.15) is 68.3 Å². The molecule has 0 saturated carbocycles. The molecule has 0 aliphatic heterocycles. The number of rotatable bonds is 10. The Hall–Kier alpha value is -1.31. The Morgan fingerprint density at radius 1 is 1.15 bits per heavy atom. The van der Waals surface area contributed by atoms with E-state index in [4.69, 9.17) is 4.74 Å². The summed E-state index contributed by atoms with van der Waals surface area (Å²) >= 11 is 0. The molecular weight excluding hydrogens is 248 g/mol. The molecule has 1 aromatic rings. The number of carbonyl (C=O) groups is 1. The molecule has 0 spiro atoms. The van der Waals surface area contributed by atoms with Gasteiger partial charge in [-0.2, -0.15) is 0 Å². The molecule has 0 N–H and O–H groups in total. The van der Waals surface area contributed by atoms with Gasteiger partial charge < -0.3 is 4.74 Å². The van der Waals surface area contributed by atoms with Gasteiger partial charge in [0.15, 0.2) is 0 Å². The number of aldehydes is 1. The fourth-order valence-electron chi connectivity index (χ4n) is 2.68. The first-order valence-corrected chi connectivity index (χ1v) is 7.89. The zero-order valence-electron chi connectivity index (χ0n) is 13.2. The van der Waals surface area contributed by atoms with Crippen molar-refractivity contribution in [2.45, 2.75) is 59.3 Å². The van der Waals surface area contributed by atoms with Crippen LogP contribution in [0.4, 0.5) is 0 Å². The maximum Gasteiger partial charge on any atom is 0.150 e. The Labute approximate surface area is 123 Å². The first-order chi connectivity index (χ1) is 9.71. The van der Waals surface area contributed by atoms with Gasteiger partial charge in [-0.3, -0.25) is 4.79 Å². The summed E-state index contributed by atoms with van der Waals surface area (Å²) in [7, 11) is 0. The van der Waals surface area contributed by atoms with Gasteiger partial charge in [0.25, 0.3) is 0 Å². The van der Waals surface area contributed by atoms with Crippen LogP contribution >= 0.6 is 0 Å². The second kappa shape index (κ2) is 9.57. The molecule has 0 fully saturated rings. The van der Waals surface area contributed by atoms with E-state index >= 15 is 0 Å². The van der Waals surface area contributed by atoms with Crippen LogP contribution in [0.2, 0.25) is 0 Å². The van der Waals surface area contributed by atoms with Gasteiger partial charge >= 0.3 is 0 Å². The monoisotopic (exact) mass is 276 g/mol. The average molecular weight is 276 g/mol. The number of ether oxygens (including phenoxy) is 1. The zero-order valence-corrected chi connectivity index (χ0v) is 13.2. The van der Waals surface area contributed by atoms with E-state index in [2.05, 4.69) is 13.8 Å². The van der Waals surface area contributed by atoms with E-state index in [9.17, 15) is 4.79 Å². The highest BCUT2D eigenvalue weighted by Crippen LogP contribution is 2.20. The van der Waals surface area contributed by atoms with Gasteiger partial charge in [-0.1, -0.05) is 39.5 Å². The lowest BCUT2D eigenvalue weighted by Crippen LogP contribution is -2.04. The van der Waals surface area contributed by atoms with Crippen LogP contribution in [0.3, 0.4) is 0 Å². The van der Waals surface area contributed by atoms with Gasteiger partial charge in [0.05, 0.1) is 6.61 Å². The molecule has 0 bridgehead atoms. The summed E-state index contributed by atoms with van der Waals surface area (Å²) in [5.41, 5.74) is 1.72. The van der Waals surface area contributed by atoms with Crippen LogP contribution in [0.5, 0.6) is 5.75 Å². The summed E-state index contributed by atoms with van der Waals surface area (Å²) in [4.78, 5) is 10.8. The van der Waals surface area contributed by atoms with Crippen molar-refractivity contribution in [1.29, 1.82) is 0 Å². The van der Waals surface area contributed by atoms with Gasteiger partial charge in [-0.05, 0) is 49.4 Å². The van der Waals surface area contributed by atoms with Gasteiger partial charge in [0, 0.05) is 5.56 Å². The van der Waals surface area contributed by atoms with Gasteiger partial charge in [0.1, 0.15) is 12.0 Å². The van der Waals surface area contributed by atoms with Crippen LogP contribution in [-0.2, 0) is 0 Å². The second-order valence-electron chi connectivity index (χ2n) is 5.57. The summed E-state index contributed by atoms with van der Waals surface area (Å²) in [6.45, 7) is 7.23. The molecule has 20 heavy (non-hydrogen) atoms. The van der Waals surface area contributed by atoms with Crippen molar-refractivity contribution in [2.75, 3.05) is 6.61 Å². The molecule has 0 aliphatic carbocycles. The van der Waals surface area contributed by atoms with Crippen molar-refractivity contribution < 1.29 is 9.53 Å². The maximum absolute atomic E-state index is 10.8. The first-order valence-electron chi connectivity index (χ1n) is 7.89. The second-order valence-corrected chi connectivity index (χ2v) is 5.57. The van der Waals surface area contributed by atoms with Crippen LogP contribution in [-0.4, -0.2) is 12.9 Å². The van der Waals surface area contributed by atoms with Crippen LogP contribution in [0.15, 0.2) is 18.2 Å². The van der Waals surface area contributed by atoms with E-state index in [1.54, 1.807) is 0 Å². The minimum absolute atomic E-state index is 0.739. The Balaban J connectivity index is 2.33. The van der Waals surface area contributed by atoms with Gasteiger partial charge in [-0.15, -0.1) is 0 Å². The van der Waals surface area contributed by atoms with Crippen molar-refractivity contribution in [3.8, 4) is 5.75 Å². The molecule has 2 nitrogen and oxygen atoms in total. The molecule has 0 amide bonds. The SMILES string of the molecule is CCCC(CCC)CCCOc1ccc(C=O)c(C)c1. The molecule has 1 rings (SSSR count). The lowest BCUT2D eigenvalue weighted by Gasteiger charge is -2.15. The van der Waals surface area contributed by atoms with Crippen molar-refractivity contribution in [2.24, 2.45) is 5.92 Å². The number of hydrogen-bond acceptors (Lipinski definition) is 2. The standard InChI is InChI=1S/C18H28O2/c1-4-7-16(8-5-2)9-6-12-20-18-11-10-17(14-19)15(3)13-18/h10-11,13-14,16H,4-9,12H2,1-3H3. The third-order valence-corrected chi connectivity index (χ3v) is 3.79. The molecular formula is C18H28O2. The largest absolute Gasteiger partial charge is 0.494 e. The highest BCUT2D eigenvalue weighted by atomic mass is 16.5. The summed E-state index contributed by atoms with van der Waals surface area (Å²) in [5.74, 6) is 1.73. The topological polar surface area (TPSA) is 26.3 Å². The molecule has 112 valence electrons.